The molecule has 0 aromatic carbocycles. The van der Waals surface area contributed by atoms with Crippen LogP contribution in [0.2, 0.25) is 0 Å². The summed E-state index contributed by atoms with van der Waals surface area (Å²) >= 11 is 1.59. The maximum absolute atomic E-state index is 12.6. The molecule has 1 saturated heterocycles. The first kappa shape index (κ1) is 17.4. The van der Waals surface area contributed by atoms with Crippen molar-refractivity contribution in [3.05, 3.63) is 22.4 Å². The number of hydrogen-bond acceptors (Lipinski definition) is 4. The van der Waals surface area contributed by atoms with E-state index in [1.54, 1.807) is 16.2 Å². The lowest BCUT2D eigenvalue weighted by molar-refractivity contribution is -0.138. The Balaban J connectivity index is 1.50. The minimum absolute atomic E-state index is 0.00285. The van der Waals surface area contributed by atoms with Gasteiger partial charge in [0.25, 0.3) is 0 Å². The number of carbonyl (C=O) groups is 2. The van der Waals surface area contributed by atoms with Crippen molar-refractivity contribution in [2.24, 2.45) is 0 Å². The lowest BCUT2D eigenvalue weighted by Crippen LogP contribution is -2.49. The molecule has 1 aromatic rings. The molecule has 2 aliphatic rings. The van der Waals surface area contributed by atoms with Crippen LogP contribution in [0.3, 0.4) is 0 Å². The van der Waals surface area contributed by atoms with Gasteiger partial charge in [0.15, 0.2) is 0 Å². The van der Waals surface area contributed by atoms with Crippen molar-refractivity contribution in [3.8, 4) is 0 Å². The zero-order chi connectivity index (χ0) is 17.1. The van der Waals surface area contributed by atoms with Crippen molar-refractivity contribution in [3.63, 3.8) is 0 Å². The monoisotopic (exact) mass is 349 g/mol. The molecule has 0 radical (unpaired) electrons. The number of thiophene rings is 1. The van der Waals surface area contributed by atoms with Gasteiger partial charge in [0.1, 0.15) is 6.04 Å². The van der Waals surface area contributed by atoms with Crippen LogP contribution in [0.5, 0.6) is 0 Å². The van der Waals surface area contributed by atoms with Crippen LogP contribution in [0, 0.1) is 0 Å². The smallest absolute Gasteiger partial charge is 0.242 e. The summed E-state index contributed by atoms with van der Waals surface area (Å²) in [4.78, 5) is 30.2. The molecule has 1 saturated carbocycles. The van der Waals surface area contributed by atoms with E-state index in [4.69, 9.17) is 0 Å². The summed E-state index contributed by atoms with van der Waals surface area (Å²) in [6, 6.07) is 4.66. The van der Waals surface area contributed by atoms with Gasteiger partial charge in [0.2, 0.25) is 11.8 Å². The fourth-order valence-electron chi connectivity index (χ4n) is 3.35. The number of amides is 2. The number of nitrogens with zero attached hydrogens (tertiary/aromatic N) is 2. The van der Waals surface area contributed by atoms with E-state index in [0.29, 0.717) is 31.6 Å². The van der Waals surface area contributed by atoms with Crippen molar-refractivity contribution < 1.29 is 9.59 Å². The SMILES string of the molecule is C[C@@H](CNC(=O)[C@@H]1CCCN1C(=O)Cc1cccs1)N(C)C1CC1. The van der Waals surface area contributed by atoms with Crippen LogP contribution in [0.1, 0.15) is 37.5 Å². The molecule has 2 atom stereocenters. The predicted octanol–water partition coefficient (Wildman–Crippen LogP) is 1.88. The van der Waals surface area contributed by atoms with E-state index in [2.05, 4.69) is 24.2 Å². The van der Waals surface area contributed by atoms with Crippen molar-refractivity contribution in [1.29, 1.82) is 0 Å². The van der Waals surface area contributed by atoms with Gasteiger partial charge in [0, 0.05) is 30.1 Å². The normalized spacial score (nSPS) is 22.0. The van der Waals surface area contributed by atoms with Crippen molar-refractivity contribution in [1.82, 2.24) is 15.1 Å². The number of hydrogen-bond donors (Lipinski definition) is 1. The second-order valence-electron chi connectivity index (χ2n) is 6.99. The minimum Gasteiger partial charge on any atom is -0.353 e. The fourth-order valence-corrected chi connectivity index (χ4v) is 4.05. The van der Waals surface area contributed by atoms with Gasteiger partial charge in [0.05, 0.1) is 6.42 Å². The third-order valence-corrected chi connectivity index (χ3v) is 6.05. The van der Waals surface area contributed by atoms with Crippen LogP contribution in [0.4, 0.5) is 0 Å². The summed E-state index contributed by atoms with van der Waals surface area (Å²) in [5, 5.41) is 5.04. The maximum atomic E-state index is 12.6. The summed E-state index contributed by atoms with van der Waals surface area (Å²) in [6.07, 6.45) is 4.62. The Kier molecular flexibility index (Phi) is 5.56. The van der Waals surface area contributed by atoms with Crippen molar-refractivity contribution in [2.75, 3.05) is 20.1 Å². The van der Waals surface area contributed by atoms with Gasteiger partial charge in [-0.25, -0.2) is 0 Å². The van der Waals surface area contributed by atoms with Crippen LogP contribution in [-0.4, -0.2) is 59.9 Å². The Labute approximate surface area is 148 Å². The quantitative estimate of drug-likeness (QED) is 0.818. The number of nitrogens with one attached hydrogen (secondary N) is 1. The fraction of sp³-hybridized carbons (Fsp3) is 0.667. The second-order valence-corrected chi connectivity index (χ2v) is 8.02. The molecule has 2 fully saturated rings. The topological polar surface area (TPSA) is 52.7 Å². The van der Waals surface area contributed by atoms with Gasteiger partial charge in [-0.05, 0) is 51.1 Å². The van der Waals surface area contributed by atoms with E-state index >= 15 is 0 Å². The van der Waals surface area contributed by atoms with Crippen LogP contribution in [-0.2, 0) is 16.0 Å². The van der Waals surface area contributed by atoms with Crippen LogP contribution >= 0.6 is 11.3 Å². The highest BCUT2D eigenvalue weighted by Gasteiger charge is 2.34. The Morgan fingerprint density at radius 3 is 2.88 bits per heavy atom. The summed E-state index contributed by atoms with van der Waals surface area (Å²) in [5.41, 5.74) is 0. The Morgan fingerprint density at radius 1 is 1.42 bits per heavy atom. The third kappa shape index (κ3) is 4.16. The molecule has 2 amide bonds. The summed E-state index contributed by atoms with van der Waals surface area (Å²) in [7, 11) is 2.13. The first-order valence-electron chi connectivity index (χ1n) is 8.87. The summed E-state index contributed by atoms with van der Waals surface area (Å²) in [6.45, 7) is 3.49. The average Bonchev–Trinajstić information content (AvgIpc) is 3.08. The van der Waals surface area contributed by atoms with E-state index in [-0.39, 0.29) is 17.9 Å². The van der Waals surface area contributed by atoms with Crippen LogP contribution < -0.4 is 5.32 Å². The number of likely N-dealkylation sites (tertiary alicyclic amines) is 1. The van der Waals surface area contributed by atoms with E-state index in [0.717, 1.165) is 17.7 Å². The molecule has 1 aliphatic heterocycles. The Bertz CT molecular complexity index is 571. The van der Waals surface area contributed by atoms with Gasteiger partial charge >= 0.3 is 0 Å². The van der Waals surface area contributed by atoms with Gasteiger partial charge < -0.3 is 10.2 Å². The summed E-state index contributed by atoms with van der Waals surface area (Å²) in [5.74, 6) is 0.0707. The molecule has 0 spiro atoms. The zero-order valence-electron chi connectivity index (χ0n) is 14.5. The van der Waals surface area contributed by atoms with E-state index in [9.17, 15) is 9.59 Å². The number of rotatable bonds is 7. The maximum Gasteiger partial charge on any atom is 0.242 e. The first-order chi connectivity index (χ1) is 11.6. The molecule has 6 heteroatoms. The Hall–Kier alpha value is -1.40. The van der Waals surface area contributed by atoms with Gasteiger partial charge in [-0.15, -0.1) is 11.3 Å². The minimum atomic E-state index is -0.295. The largest absolute Gasteiger partial charge is 0.353 e. The predicted molar refractivity (Wildman–Crippen MR) is 96.0 cm³/mol. The van der Waals surface area contributed by atoms with Gasteiger partial charge in [-0.2, -0.15) is 0 Å². The second kappa shape index (κ2) is 7.66. The van der Waals surface area contributed by atoms with Gasteiger partial charge in [-0.3, -0.25) is 14.5 Å². The average molecular weight is 350 g/mol. The van der Waals surface area contributed by atoms with Crippen LogP contribution in [0.25, 0.3) is 0 Å². The molecule has 0 bridgehead atoms. The standard InChI is InChI=1S/C18H27N3O2S/c1-13(20(2)14-7-8-14)12-19-18(23)16-6-3-9-21(16)17(22)11-15-5-4-10-24-15/h4-5,10,13-14,16H,3,6-9,11-12H2,1-2H3,(H,19,23)/t13-,16-/m0/s1. The molecule has 0 unspecified atom stereocenters. The zero-order valence-corrected chi connectivity index (χ0v) is 15.3. The lowest BCUT2D eigenvalue weighted by Gasteiger charge is -2.27. The summed E-state index contributed by atoms with van der Waals surface area (Å²) < 4.78 is 0. The highest BCUT2D eigenvalue weighted by molar-refractivity contribution is 7.10. The van der Waals surface area contributed by atoms with Crippen molar-refractivity contribution in [2.45, 2.75) is 57.2 Å². The van der Waals surface area contributed by atoms with E-state index in [1.165, 1.54) is 12.8 Å². The van der Waals surface area contributed by atoms with Crippen LogP contribution in [0.15, 0.2) is 17.5 Å². The molecular formula is C18H27N3O2S. The molecular weight excluding hydrogens is 322 g/mol. The van der Waals surface area contributed by atoms with E-state index < -0.39 is 0 Å². The molecule has 5 nitrogen and oxygen atoms in total. The molecule has 3 rings (SSSR count). The third-order valence-electron chi connectivity index (χ3n) is 5.17. The van der Waals surface area contributed by atoms with Crippen molar-refractivity contribution >= 4 is 23.2 Å². The molecule has 132 valence electrons. The highest BCUT2D eigenvalue weighted by Crippen LogP contribution is 2.26. The molecule has 1 aliphatic carbocycles. The Morgan fingerprint density at radius 2 is 2.21 bits per heavy atom. The van der Waals surface area contributed by atoms with Gasteiger partial charge in [-0.1, -0.05) is 6.07 Å². The molecule has 24 heavy (non-hydrogen) atoms. The van der Waals surface area contributed by atoms with E-state index in [1.807, 2.05) is 17.5 Å². The molecule has 1 aromatic heterocycles. The molecule has 1 N–H and O–H groups in total. The first-order valence-corrected chi connectivity index (χ1v) is 9.75. The number of carbonyl (C=O) groups excluding carboxylic acids is 2. The number of likely N-dealkylation sites (N-methyl/N-ethyl adjacent to an activating group) is 1. The highest BCUT2D eigenvalue weighted by atomic mass is 32.1. The molecule has 2 heterocycles. The lowest BCUT2D eigenvalue weighted by atomic mass is 10.2.